The van der Waals surface area contributed by atoms with Crippen LogP contribution >= 0.6 is 15.9 Å². The van der Waals surface area contributed by atoms with Crippen LogP contribution in [0.3, 0.4) is 0 Å². The van der Waals surface area contributed by atoms with Crippen LogP contribution in [0, 0.1) is 11.8 Å². The zero-order valence-corrected chi connectivity index (χ0v) is 10.2. The normalized spacial score (nSPS) is 25.8. The third-order valence-electron chi connectivity index (χ3n) is 2.88. The van der Waals surface area contributed by atoms with Gasteiger partial charge in [0.05, 0.1) is 4.83 Å². The third kappa shape index (κ3) is 2.70. The zero-order valence-electron chi connectivity index (χ0n) is 8.59. The average Bonchev–Trinajstić information content (AvgIpc) is 2.36. The molecule has 1 heterocycles. The van der Waals surface area contributed by atoms with Crippen LogP contribution in [-0.4, -0.2) is 28.7 Å². The Balaban J connectivity index is 2.42. The van der Waals surface area contributed by atoms with E-state index in [0.717, 1.165) is 19.5 Å². The van der Waals surface area contributed by atoms with Gasteiger partial charge in [0, 0.05) is 13.1 Å². The van der Waals surface area contributed by atoms with Crippen LogP contribution in [0.5, 0.6) is 0 Å². The number of nitrogens with zero attached hydrogens (tertiary/aromatic N) is 1. The van der Waals surface area contributed by atoms with Gasteiger partial charge in [-0.05, 0) is 18.3 Å². The average molecular weight is 248 g/mol. The second-order valence-corrected chi connectivity index (χ2v) is 5.37. The summed E-state index contributed by atoms with van der Waals surface area (Å²) >= 11 is 3.38. The van der Waals surface area contributed by atoms with Crippen LogP contribution in [0.15, 0.2) is 0 Å². The Bertz CT molecular complexity index is 193. The van der Waals surface area contributed by atoms with E-state index in [1.165, 1.54) is 0 Å². The molecule has 0 N–H and O–H groups in total. The molecule has 1 amide bonds. The lowest BCUT2D eigenvalue weighted by atomic mass is 9.98. The zero-order chi connectivity index (χ0) is 10.0. The van der Waals surface area contributed by atoms with E-state index in [0.29, 0.717) is 11.8 Å². The minimum Gasteiger partial charge on any atom is -0.341 e. The summed E-state index contributed by atoms with van der Waals surface area (Å²) in [5.74, 6) is 1.52. The van der Waals surface area contributed by atoms with Crippen LogP contribution < -0.4 is 0 Å². The number of carbonyl (C=O) groups is 1. The van der Waals surface area contributed by atoms with Crippen molar-refractivity contribution in [1.29, 1.82) is 0 Å². The van der Waals surface area contributed by atoms with Crippen LogP contribution in [0.2, 0.25) is 0 Å². The van der Waals surface area contributed by atoms with Gasteiger partial charge in [0.1, 0.15) is 0 Å². The minimum atomic E-state index is 0.0758. The van der Waals surface area contributed by atoms with Crippen molar-refractivity contribution in [3.63, 3.8) is 0 Å². The van der Waals surface area contributed by atoms with Crippen molar-refractivity contribution in [2.45, 2.75) is 32.0 Å². The Labute approximate surface area is 88.8 Å². The molecule has 13 heavy (non-hydrogen) atoms. The van der Waals surface area contributed by atoms with Gasteiger partial charge < -0.3 is 4.90 Å². The third-order valence-corrected chi connectivity index (χ3v) is 3.73. The summed E-state index contributed by atoms with van der Waals surface area (Å²) < 4.78 is 0. The summed E-state index contributed by atoms with van der Waals surface area (Å²) in [5.41, 5.74) is 0. The van der Waals surface area contributed by atoms with Crippen LogP contribution in [-0.2, 0) is 4.79 Å². The van der Waals surface area contributed by atoms with Gasteiger partial charge in [-0.1, -0.05) is 36.7 Å². The molecule has 2 unspecified atom stereocenters. The highest BCUT2D eigenvalue weighted by molar-refractivity contribution is 9.10. The Morgan fingerprint density at radius 2 is 2.15 bits per heavy atom. The molecule has 0 aromatic rings. The van der Waals surface area contributed by atoms with E-state index in [-0.39, 0.29) is 10.7 Å². The molecule has 2 atom stereocenters. The molecule has 1 fully saturated rings. The summed E-state index contributed by atoms with van der Waals surface area (Å²) in [4.78, 5) is 13.6. The van der Waals surface area contributed by atoms with Gasteiger partial charge in [0.15, 0.2) is 0 Å². The van der Waals surface area contributed by atoms with Crippen molar-refractivity contribution in [3.8, 4) is 0 Å². The number of hydrogen-bond donors (Lipinski definition) is 0. The largest absolute Gasteiger partial charge is 0.341 e. The molecule has 1 aliphatic rings. The molecule has 0 aliphatic carbocycles. The molecular formula is C10H18BrNO. The number of amides is 1. The van der Waals surface area contributed by atoms with Gasteiger partial charge >= 0.3 is 0 Å². The number of halogens is 1. The Morgan fingerprint density at radius 3 is 2.54 bits per heavy atom. The van der Waals surface area contributed by atoms with Crippen molar-refractivity contribution < 1.29 is 4.79 Å². The first-order chi connectivity index (χ1) is 6.02. The predicted octanol–water partition coefficient (Wildman–Crippen LogP) is 2.27. The number of hydrogen-bond acceptors (Lipinski definition) is 1. The Morgan fingerprint density at radius 1 is 1.54 bits per heavy atom. The quantitative estimate of drug-likeness (QED) is 0.701. The van der Waals surface area contributed by atoms with E-state index < -0.39 is 0 Å². The molecule has 0 spiro atoms. The Kier molecular flexibility index (Phi) is 3.77. The fourth-order valence-electron chi connectivity index (χ4n) is 1.44. The SMILES string of the molecule is CC(C)C(C)CN1CCC(Br)C1=O. The van der Waals surface area contributed by atoms with Crippen molar-refractivity contribution in [2.75, 3.05) is 13.1 Å². The van der Waals surface area contributed by atoms with Gasteiger partial charge in [-0.15, -0.1) is 0 Å². The fraction of sp³-hybridized carbons (Fsp3) is 0.900. The first-order valence-electron chi connectivity index (χ1n) is 4.95. The summed E-state index contributed by atoms with van der Waals surface area (Å²) in [7, 11) is 0. The van der Waals surface area contributed by atoms with Crippen molar-refractivity contribution >= 4 is 21.8 Å². The first-order valence-corrected chi connectivity index (χ1v) is 5.86. The van der Waals surface area contributed by atoms with Gasteiger partial charge in [-0.25, -0.2) is 0 Å². The smallest absolute Gasteiger partial charge is 0.236 e. The van der Waals surface area contributed by atoms with E-state index in [1.54, 1.807) is 0 Å². The van der Waals surface area contributed by atoms with Crippen molar-refractivity contribution in [2.24, 2.45) is 11.8 Å². The van der Waals surface area contributed by atoms with Crippen LogP contribution in [0.4, 0.5) is 0 Å². The molecule has 0 aromatic carbocycles. The van der Waals surface area contributed by atoms with Gasteiger partial charge in [-0.2, -0.15) is 0 Å². The molecule has 2 nitrogen and oxygen atoms in total. The van der Waals surface area contributed by atoms with Gasteiger partial charge in [0.2, 0.25) is 5.91 Å². The highest BCUT2D eigenvalue weighted by Crippen LogP contribution is 2.21. The summed E-state index contributed by atoms with van der Waals surface area (Å²) in [5, 5.41) is 0. The van der Waals surface area contributed by atoms with Crippen molar-refractivity contribution in [3.05, 3.63) is 0 Å². The number of alkyl halides is 1. The molecule has 0 bridgehead atoms. The van der Waals surface area contributed by atoms with Crippen LogP contribution in [0.25, 0.3) is 0 Å². The summed E-state index contributed by atoms with van der Waals surface area (Å²) in [6.45, 7) is 8.46. The van der Waals surface area contributed by atoms with E-state index in [2.05, 4.69) is 36.7 Å². The molecule has 0 aromatic heterocycles. The Hall–Kier alpha value is -0.0500. The monoisotopic (exact) mass is 247 g/mol. The second kappa shape index (κ2) is 4.45. The molecule has 1 aliphatic heterocycles. The maximum absolute atomic E-state index is 11.5. The van der Waals surface area contributed by atoms with Gasteiger partial charge in [0.25, 0.3) is 0 Å². The standard InChI is InChI=1S/C10H18BrNO/c1-7(2)8(3)6-12-5-4-9(11)10(12)13/h7-9H,4-6H2,1-3H3. The molecule has 76 valence electrons. The lowest BCUT2D eigenvalue weighted by molar-refractivity contribution is -0.127. The molecule has 1 saturated heterocycles. The number of rotatable bonds is 3. The van der Waals surface area contributed by atoms with Crippen molar-refractivity contribution in [1.82, 2.24) is 4.90 Å². The highest BCUT2D eigenvalue weighted by atomic mass is 79.9. The molecular weight excluding hydrogens is 230 g/mol. The van der Waals surface area contributed by atoms with E-state index >= 15 is 0 Å². The maximum Gasteiger partial charge on any atom is 0.236 e. The van der Waals surface area contributed by atoms with E-state index in [1.807, 2.05) is 4.90 Å². The summed E-state index contributed by atoms with van der Waals surface area (Å²) in [6, 6.07) is 0. The second-order valence-electron chi connectivity index (χ2n) is 4.26. The number of carbonyl (C=O) groups excluding carboxylic acids is 1. The lowest BCUT2D eigenvalue weighted by Gasteiger charge is -2.23. The van der Waals surface area contributed by atoms with Gasteiger partial charge in [-0.3, -0.25) is 4.79 Å². The minimum absolute atomic E-state index is 0.0758. The fourth-order valence-corrected chi connectivity index (χ4v) is 1.93. The molecule has 3 heteroatoms. The molecule has 0 radical (unpaired) electrons. The molecule has 1 rings (SSSR count). The van der Waals surface area contributed by atoms with Crippen LogP contribution in [0.1, 0.15) is 27.2 Å². The summed E-state index contributed by atoms with van der Waals surface area (Å²) in [6.07, 6.45) is 0.962. The van der Waals surface area contributed by atoms with E-state index in [4.69, 9.17) is 0 Å². The highest BCUT2D eigenvalue weighted by Gasteiger charge is 2.30. The number of likely N-dealkylation sites (tertiary alicyclic amines) is 1. The van der Waals surface area contributed by atoms with E-state index in [9.17, 15) is 4.79 Å². The topological polar surface area (TPSA) is 20.3 Å². The first kappa shape index (κ1) is 11.0. The lowest BCUT2D eigenvalue weighted by Crippen LogP contribution is -2.33. The maximum atomic E-state index is 11.5. The molecule has 0 saturated carbocycles. The predicted molar refractivity (Wildman–Crippen MR) is 57.9 cm³/mol.